The summed E-state index contributed by atoms with van der Waals surface area (Å²) >= 11 is 0. The number of hydrogen-bond donors (Lipinski definition) is 1. The van der Waals surface area contributed by atoms with E-state index in [1.807, 2.05) is 0 Å². The van der Waals surface area contributed by atoms with Crippen LogP contribution in [-0.4, -0.2) is 23.2 Å². The molecule has 1 atom stereocenters. The molecule has 1 aliphatic heterocycles. The van der Waals surface area contributed by atoms with E-state index in [0.29, 0.717) is 17.7 Å². The van der Waals surface area contributed by atoms with Crippen molar-refractivity contribution in [2.24, 2.45) is 0 Å². The standard InChI is InChI=1S/C16H21N3O/c1-11(2)12-5-7-13(8-6-12)15-18-16(20-19-15)14-4-3-9-17-10-14/h5-8,11,14,17H,3-4,9-10H2,1-2H3. The molecule has 0 radical (unpaired) electrons. The molecule has 0 aliphatic carbocycles. The van der Waals surface area contributed by atoms with Crippen molar-refractivity contribution in [3.8, 4) is 11.4 Å². The van der Waals surface area contributed by atoms with Crippen LogP contribution in [0.3, 0.4) is 0 Å². The van der Waals surface area contributed by atoms with Crippen molar-refractivity contribution in [3.63, 3.8) is 0 Å². The summed E-state index contributed by atoms with van der Waals surface area (Å²) in [6, 6.07) is 8.42. The molecule has 0 saturated carbocycles. The molecule has 1 saturated heterocycles. The van der Waals surface area contributed by atoms with Crippen LogP contribution in [0.2, 0.25) is 0 Å². The fourth-order valence-corrected chi connectivity index (χ4v) is 2.60. The Morgan fingerprint density at radius 3 is 2.70 bits per heavy atom. The van der Waals surface area contributed by atoms with E-state index in [0.717, 1.165) is 31.0 Å². The molecule has 106 valence electrons. The molecule has 1 aromatic heterocycles. The van der Waals surface area contributed by atoms with Crippen molar-refractivity contribution < 1.29 is 4.52 Å². The molecule has 2 aromatic rings. The molecule has 1 unspecified atom stereocenters. The molecule has 1 N–H and O–H groups in total. The number of nitrogens with one attached hydrogen (secondary N) is 1. The molecular weight excluding hydrogens is 250 g/mol. The maximum absolute atomic E-state index is 5.44. The van der Waals surface area contributed by atoms with E-state index in [2.05, 4.69) is 53.6 Å². The van der Waals surface area contributed by atoms with E-state index in [9.17, 15) is 0 Å². The van der Waals surface area contributed by atoms with Crippen LogP contribution < -0.4 is 5.32 Å². The zero-order chi connectivity index (χ0) is 13.9. The highest BCUT2D eigenvalue weighted by Crippen LogP contribution is 2.25. The summed E-state index contributed by atoms with van der Waals surface area (Å²) in [7, 11) is 0. The van der Waals surface area contributed by atoms with Gasteiger partial charge >= 0.3 is 0 Å². The minimum absolute atomic E-state index is 0.361. The predicted octanol–water partition coefficient (Wildman–Crippen LogP) is 3.33. The highest BCUT2D eigenvalue weighted by atomic mass is 16.5. The van der Waals surface area contributed by atoms with Crippen molar-refractivity contribution in [1.82, 2.24) is 15.5 Å². The average molecular weight is 271 g/mol. The highest BCUT2D eigenvalue weighted by Gasteiger charge is 2.21. The summed E-state index contributed by atoms with van der Waals surface area (Å²) in [5.74, 6) is 2.36. The van der Waals surface area contributed by atoms with Crippen LogP contribution in [0.5, 0.6) is 0 Å². The van der Waals surface area contributed by atoms with Gasteiger partial charge in [0, 0.05) is 12.1 Å². The van der Waals surface area contributed by atoms with Gasteiger partial charge in [-0.3, -0.25) is 0 Å². The Morgan fingerprint density at radius 2 is 2.05 bits per heavy atom. The maximum atomic E-state index is 5.44. The van der Waals surface area contributed by atoms with Crippen molar-refractivity contribution >= 4 is 0 Å². The summed E-state index contributed by atoms with van der Waals surface area (Å²) in [6.07, 6.45) is 2.30. The van der Waals surface area contributed by atoms with Crippen molar-refractivity contribution in [1.29, 1.82) is 0 Å². The summed E-state index contributed by atoms with van der Waals surface area (Å²) < 4.78 is 5.44. The van der Waals surface area contributed by atoms with Crippen LogP contribution in [0.15, 0.2) is 28.8 Å². The lowest BCUT2D eigenvalue weighted by Gasteiger charge is -2.18. The Balaban J connectivity index is 1.78. The molecule has 20 heavy (non-hydrogen) atoms. The van der Waals surface area contributed by atoms with Gasteiger partial charge in [0.05, 0.1) is 5.92 Å². The van der Waals surface area contributed by atoms with Gasteiger partial charge in [-0.15, -0.1) is 0 Å². The molecular formula is C16H21N3O. The quantitative estimate of drug-likeness (QED) is 0.930. The number of nitrogens with zero attached hydrogens (tertiary/aromatic N) is 2. The van der Waals surface area contributed by atoms with Crippen LogP contribution in [0.4, 0.5) is 0 Å². The van der Waals surface area contributed by atoms with Gasteiger partial charge in [0.1, 0.15) is 0 Å². The van der Waals surface area contributed by atoms with Gasteiger partial charge in [0.25, 0.3) is 0 Å². The van der Waals surface area contributed by atoms with Crippen molar-refractivity contribution in [2.75, 3.05) is 13.1 Å². The first-order valence-electron chi connectivity index (χ1n) is 7.38. The van der Waals surface area contributed by atoms with Crippen LogP contribution in [0, 0.1) is 0 Å². The van der Waals surface area contributed by atoms with Crippen molar-refractivity contribution in [3.05, 3.63) is 35.7 Å². The number of aromatic nitrogens is 2. The third-order valence-corrected chi connectivity index (χ3v) is 3.92. The van der Waals surface area contributed by atoms with E-state index in [1.165, 1.54) is 12.0 Å². The van der Waals surface area contributed by atoms with Gasteiger partial charge in [0.15, 0.2) is 0 Å². The van der Waals surface area contributed by atoms with Gasteiger partial charge in [0.2, 0.25) is 11.7 Å². The number of piperidine rings is 1. The Labute approximate surface area is 119 Å². The van der Waals surface area contributed by atoms with E-state index >= 15 is 0 Å². The molecule has 2 heterocycles. The second-order valence-corrected chi connectivity index (χ2v) is 5.78. The Hall–Kier alpha value is -1.68. The second kappa shape index (κ2) is 5.75. The van der Waals surface area contributed by atoms with Crippen LogP contribution >= 0.6 is 0 Å². The van der Waals surface area contributed by atoms with Gasteiger partial charge in [-0.05, 0) is 30.9 Å². The normalized spacial score (nSPS) is 19.4. The molecule has 1 aliphatic rings. The number of rotatable bonds is 3. The predicted molar refractivity (Wildman–Crippen MR) is 78.7 cm³/mol. The molecule has 4 heteroatoms. The van der Waals surface area contributed by atoms with Gasteiger partial charge < -0.3 is 9.84 Å². The Morgan fingerprint density at radius 1 is 1.25 bits per heavy atom. The first-order chi connectivity index (χ1) is 9.74. The second-order valence-electron chi connectivity index (χ2n) is 5.78. The minimum Gasteiger partial charge on any atom is -0.339 e. The lowest BCUT2D eigenvalue weighted by molar-refractivity contribution is 0.322. The van der Waals surface area contributed by atoms with E-state index in [-0.39, 0.29) is 0 Å². The molecule has 0 amide bonds. The fraction of sp³-hybridized carbons (Fsp3) is 0.500. The summed E-state index contributed by atoms with van der Waals surface area (Å²) in [5, 5.41) is 7.50. The topological polar surface area (TPSA) is 51.0 Å². The lowest BCUT2D eigenvalue weighted by Crippen LogP contribution is -2.28. The third kappa shape index (κ3) is 2.75. The van der Waals surface area contributed by atoms with Crippen LogP contribution in [0.1, 0.15) is 50.0 Å². The Bertz CT molecular complexity index is 553. The molecule has 1 fully saturated rings. The summed E-state index contributed by atoms with van der Waals surface area (Å²) in [6.45, 7) is 6.41. The smallest absolute Gasteiger partial charge is 0.231 e. The van der Waals surface area contributed by atoms with Crippen LogP contribution in [-0.2, 0) is 0 Å². The highest BCUT2D eigenvalue weighted by molar-refractivity contribution is 5.54. The first kappa shape index (κ1) is 13.3. The SMILES string of the molecule is CC(C)c1ccc(-c2noc(C3CCCNC3)n2)cc1. The Kier molecular flexibility index (Phi) is 3.83. The van der Waals surface area contributed by atoms with Crippen LogP contribution in [0.25, 0.3) is 11.4 Å². The van der Waals surface area contributed by atoms with Gasteiger partial charge in [-0.25, -0.2) is 0 Å². The lowest BCUT2D eigenvalue weighted by atomic mass is 10.00. The maximum Gasteiger partial charge on any atom is 0.231 e. The molecule has 3 rings (SSSR count). The van der Waals surface area contributed by atoms with Gasteiger partial charge in [-0.2, -0.15) is 4.98 Å². The summed E-state index contributed by atoms with van der Waals surface area (Å²) in [5.41, 5.74) is 2.35. The van der Waals surface area contributed by atoms with Crippen molar-refractivity contribution in [2.45, 2.75) is 38.5 Å². The molecule has 4 nitrogen and oxygen atoms in total. The summed E-state index contributed by atoms with van der Waals surface area (Å²) in [4.78, 5) is 4.56. The number of hydrogen-bond acceptors (Lipinski definition) is 4. The van der Waals surface area contributed by atoms with E-state index in [1.54, 1.807) is 0 Å². The monoisotopic (exact) mass is 271 g/mol. The third-order valence-electron chi connectivity index (χ3n) is 3.92. The largest absolute Gasteiger partial charge is 0.339 e. The zero-order valence-corrected chi connectivity index (χ0v) is 12.1. The van der Waals surface area contributed by atoms with Gasteiger partial charge in [-0.1, -0.05) is 43.3 Å². The first-order valence-corrected chi connectivity index (χ1v) is 7.38. The molecule has 0 spiro atoms. The van der Waals surface area contributed by atoms with E-state index < -0.39 is 0 Å². The average Bonchev–Trinajstić information content (AvgIpc) is 2.98. The minimum atomic E-state index is 0.361. The zero-order valence-electron chi connectivity index (χ0n) is 12.1. The molecule has 1 aromatic carbocycles. The van der Waals surface area contributed by atoms with E-state index in [4.69, 9.17) is 4.52 Å². The number of benzene rings is 1. The fourth-order valence-electron chi connectivity index (χ4n) is 2.60. The molecule has 0 bridgehead atoms.